The second-order valence-corrected chi connectivity index (χ2v) is 19.1. The van der Waals surface area contributed by atoms with Crippen LogP contribution in [0.5, 0.6) is 5.88 Å². The van der Waals surface area contributed by atoms with Crippen molar-refractivity contribution in [2.24, 2.45) is 0 Å². The minimum atomic E-state index is -4.25. The summed E-state index contributed by atoms with van der Waals surface area (Å²) in [5.74, 6) is 0.443. The van der Waals surface area contributed by atoms with Crippen molar-refractivity contribution in [1.82, 2.24) is 15.0 Å². The molecule has 0 N–H and O–H groups in total. The van der Waals surface area contributed by atoms with Gasteiger partial charge in [0.25, 0.3) is 15.9 Å². The number of aromatic nitrogens is 3. The van der Waals surface area contributed by atoms with Crippen molar-refractivity contribution in [3.63, 3.8) is 0 Å². The summed E-state index contributed by atoms with van der Waals surface area (Å²) in [5.41, 5.74) is 0.740. The van der Waals surface area contributed by atoms with Crippen molar-refractivity contribution in [3.8, 4) is 5.88 Å². The lowest BCUT2D eigenvalue weighted by Gasteiger charge is -2.25. The number of rotatable bonds is 13. The second-order valence-electron chi connectivity index (χ2n) is 9.33. The molecular formula is C24H29Cl3N4O4S2Si. The molecule has 0 saturated heterocycles. The maximum absolute atomic E-state index is 13.8. The number of hydrogen-bond acceptors (Lipinski definition) is 8. The second kappa shape index (κ2) is 13.6. The fraction of sp³-hybridized carbons (Fsp3) is 0.375. The molecule has 0 aliphatic carbocycles. The van der Waals surface area contributed by atoms with Crippen LogP contribution in [0.3, 0.4) is 0 Å². The molecule has 0 fully saturated rings. The van der Waals surface area contributed by atoms with E-state index in [2.05, 4.69) is 34.6 Å². The number of anilines is 1. The summed E-state index contributed by atoms with van der Waals surface area (Å²) >= 11 is 20.2. The summed E-state index contributed by atoms with van der Waals surface area (Å²) < 4.78 is 39.8. The van der Waals surface area contributed by atoms with Crippen LogP contribution in [0.15, 0.2) is 58.7 Å². The third-order valence-electron chi connectivity index (χ3n) is 5.21. The van der Waals surface area contributed by atoms with Gasteiger partial charge in [-0.1, -0.05) is 55.0 Å². The standard InChI is InChI=1S/C24H29Cl3N4O4S2Si/c1-34-24-23(29-14-21(30-24)36-15-18(26)19-9-5-6-11-28-19)31(16-35-12-13-38(2,3)4)37(32,33)20-10-7-8-17(25)22(20)27/h5-11,14,18H,12-13,15-16H2,1-4H3. The average molecular weight is 636 g/mol. The van der Waals surface area contributed by atoms with Gasteiger partial charge in [-0.2, -0.15) is 0 Å². The molecule has 14 heteroatoms. The molecule has 0 spiro atoms. The molecule has 0 aliphatic heterocycles. The zero-order chi connectivity index (χ0) is 27.9. The number of alkyl halides is 1. The summed E-state index contributed by atoms with van der Waals surface area (Å²) in [6.07, 6.45) is 3.15. The lowest BCUT2D eigenvalue weighted by molar-refractivity contribution is 0.155. The molecular weight excluding hydrogens is 607 g/mol. The lowest BCUT2D eigenvalue weighted by Crippen LogP contribution is -2.35. The minimum absolute atomic E-state index is 0.00878. The van der Waals surface area contributed by atoms with Gasteiger partial charge < -0.3 is 9.47 Å². The molecule has 1 aromatic carbocycles. The Morgan fingerprint density at radius 1 is 1.11 bits per heavy atom. The lowest BCUT2D eigenvalue weighted by atomic mass is 10.3. The van der Waals surface area contributed by atoms with E-state index in [1.54, 1.807) is 6.20 Å². The fourth-order valence-electron chi connectivity index (χ4n) is 3.11. The van der Waals surface area contributed by atoms with E-state index in [0.29, 0.717) is 17.4 Å². The summed E-state index contributed by atoms with van der Waals surface area (Å²) in [7, 11) is -4.26. The van der Waals surface area contributed by atoms with E-state index in [0.717, 1.165) is 16.0 Å². The number of pyridine rings is 1. The Balaban J connectivity index is 1.91. The molecule has 0 saturated carbocycles. The number of hydrogen-bond donors (Lipinski definition) is 0. The quantitative estimate of drug-likeness (QED) is 0.0668. The first-order chi connectivity index (χ1) is 17.9. The molecule has 206 valence electrons. The highest BCUT2D eigenvalue weighted by Crippen LogP contribution is 2.36. The van der Waals surface area contributed by atoms with E-state index in [4.69, 9.17) is 44.3 Å². The summed E-state index contributed by atoms with van der Waals surface area (Å²) in [4.78, 5) is 13.0. The van der Waals surface area contributed by atoms with Gasteiger partial charge in [0.1, 0.15) is 16.7 Å². The molecule has 8 nitrogen and oxygen atoms in total. The van der Waals surface area contributed by atoms with Crippen LogP contribution >= 0.6 is 46.6 Å². The summed E-state index contributed by atoms with van der Waals surface area (Å²) in [6, 6.07) is 10.8. The topological polar surface area (TPSA) is 94.5 Å². The van der Waals surface area contributed by atoms with E-state index < -0.39 is 18.1 Å². The first kappa shape index (κ1) is 30.9. The molecule has 2 aromatic heterocycles. The predicted molar refractivity (Wildman–Crippen MR) is 157 cm³/mol. The molecule has 0 amide bonds. The van der Waals surface area contributed by atoms with Crippen molar-refractivity contribution >= 4 is 70.5 Å². The number of ether oxygens (including phenoxy) is 2. The van der Waals surface area contributed by atoms with Crippen LogP contribution in [0.4, 0.5) is 5.82 Å². The molecule has 3 rings (SSSR count). The highest BCUT2D eigenvalue weighted by Gasteiger charge is 2.32. The van der Waals surface area contributed by atoms with Crippen molar-refractivity contribution < 1.29 is 17.9 Å². The van der Waals surface area contributed by atoms with Crippen LogP contribution in [-0.4, -0.2) is 57.6 Å². The van der Waals surface area contributed by atoms with Gasteiger partial charge in [-0.25, -0.2) is 22.7 Å². The smallest absolute Gasteiger partial charge is 0.269 e. The first-order valence-corrected chi connectivity index (χ1v) is 18.9. The molecule has 1 unspecified atom stereocenters. The van der Waals surface area contributed by atoms with Gasteiger partial charge in [-0.15, -0.1) is 23.4 Å². The Morgan fingerprint density at radius 2 is 1.87 bits per heavy atom. The summed E-state index contributed by atoms with van der Waals surface area (Å²) in [5, 5.41) is 0.170. The third-order valence-corrected chi connectivity index (χ3v) is 11.1. The van der Waals surface area contributed by atoms with Crippen LogP contribution < -0.4 is 9.04 Å². The van der Waals surface area contributed by atoms with Gasteiger partial charge >= 0.3 is 0 Å². The first-order valence-electron chi connectivity index (χ1n) is 11.6. The van der Waals surface area contributed by atoms with Crippen LogP contribution in [-0.2, 0) is 14.8 Å². The van der Waals surface area contributed by atoms with Crippen molar-refractivity contribution in [1.29, 1.82) is 0 Å². The fourth-order valence-corrected chi connectivity index (χ4v) is 6.98. The maximum atomic E-state index is 13.8. The molecule has 2 heterocycles. The molecule has 0 aliphatic rings. The summed E-state index contributed by atoms with van der Waals surface area (Å²) in [6.45, 7) is 6.71. The van der Waals surface area contributed by atoms with Gasteiger partial charge in [-0.05, 0) is 30.3 Å². The highest BCUT2D eigenvalue weighted by atomic mass is 35.5. The normalized spacial score (nSPS) is 12.8. The Morgan fingerprint density at radius 3 is 2.53 bits per heavy atom. The van der Waals surface area contributed by atoms with Crippen molar-refractivity contribution in [2.75, 3.05) is 30.5 Å². The SMILES string of the molecule is COc1nc(SCC(Cl)c2ccccn2)cnc1N(COCC[Si](C)(C)C)S(=O)(=O)c1cccc(Cl)c1Cl. The van der Waals surface area contributed by atoms with E-state index in [-0.39, 0.29) is 38.7 Å². The third kappa shape index (κ3) is 8.20. The number of nitrogens with zero attached hydrogens (tertiary/aromatic N) is 4. The van der Waals surface area contributed by atoms with Gasteiger partial charge in [0.2, 0.25) is 5.82 Å². The van der Waals surface area contributed by atoms with Gasteiger partial charge in [-0.3, -0.25) is 4.98 Å². The molecule has 1 atom stereocenters. The predicted octanol–water partition coefficient (Wildman–Crippen LogP) is 6.77. The van der Waals surface area contributed by atoms with Crippen molar-refractivity contribution in [3.05, 3.63) is 64.5 Å². The van der Waals surface area contributed by atoms with Crippen molar-refractivity contribution in [2.45, 2.75) is 41.0 Å². The molecule has 0 bridgehead atoms. The van der Waals surface area contributed by atoms with Crippen LogP contribution in [0.1, 0.15) is 11.1 Å². The Hall–Kier alpha value is -1.60. The number of halogens is 3. The number of thioether (sulfide) groups is 1. The molecule has 38 heavy (non-hydrogen) atoms. The largest absolute Gasteiger partial charge is 0.478 e. The Bertz CT molecular complexity index is 1330. The van der Waals surface area contributed by atoms with E-state index in [1.165, 1.54) is 43.3 Å². The van der Waals surface area contributed by atoms with Gasteiger partial charge in [0, 0.05) is 26.6 Å². The van der Waals surface area contributed by atoms with Crippen LogP contribution in [0.25, 0.3) is 0 Å². The zero-order valence-electron chi connectivity index (χ0n) is 21.4. The highest BCUT2D eigenvalue weighted by molar-refractivity contribution is 7.99. The number of methoxy groups -OCH3 is 1. The van der Waals surface area contributed by atoms with Crippen LogP contribution in [0.2, 0.25) is 35.7 Å². The molecule has 3 aromatic rings. The van der Waals surface area contributed by atoms with E-state index in [9.17, 15) is 8.42 Å². The Labute approximate surface area is 244 Å². The monoisotopic (exact) mass is 634 g/mol. The minimum Gasteiger partial charge on any atom is -0.478 e. The zero-order valence-corrected chi connectivity index (χ0v) is 26.3. The van der Waals surface area contributed by atoms with Gasteiger partial charge in [0.05, 0.1) is 34.4 Å². The maximum Gasteiger partial charge on any atom is 0.269 e. The number of benzene rings is 1. The van der Waals surface area contributed by atoms with Crippen LogP contribution in [0, 0.1) is 0 Å². The molecule has 0 radical (unpaired) electrons. The number of sulfonamides is 1. The average Bonchev–Trinajstić information content (AvgIpc) is 2.88. The van der Waals surface area contributed by atoms with E-state index in [1.807, 2.05) is 18.2 Å². The van der Waals surface area contributed by atoms with E-state index >= 15 is 0 Å². The Kier molecular flexibility index (Phi) is 11.1. The van der Waals surface area contributed by atoms with Gasteiger partial charge in [0.15, 0.2) is 0 Å².